The molecule has 8 nitrogen and oxygen atoms in total. The number of thiophene rings is 1. The van der Waals surface area contributed by atoms with E-state index in [4.69, 9.17) is 13.9 Å². The van der Waals surface area contributed by atoms with Gasteiger partial charge in [0.25, 0.3) is 5.89 Å². The van der Waals surface area contributed by atoms with Gasteiger partial charge in [-0.1, -0.05) is 0 Å². The van der Waals surface area contributed by atoms with Crippen LogP contribution in [0.25, 0.3) is 10.8 Å². The minimum absolute atomic E-state index is 0.131. The Morgan fingerprint density at radius 3 is 2.73 bits per heavy atom. The number of piperidine rings is 1. The summed E-state index contributed by atoms with van der Waals surface area (Å²) in [5.41, 5.74) is 0. The highest BCUT2D eigenvalue weighted by Crippen LogP contribution is 2.36. The quantitative estimate of drug-likeness (QED) is 0.604. The van der Waals surface area contributed by atoms with Crippen LogP contribution in [0.5, 0.6) is 11.5 Å². The van der Waals surface area contributed by atoms with Crippen molar-refractivity contribution in [1.82, 2.24) is 14.5 Å². The number of aryl methyl sites for hydroxylation is 1. The van der Waals surface area contributed by atoms with E-state index in [1.807, 2.05) is 19.1 Å². The number of nitrogens with zero attached hydrogens (tertiary/aromatic N) is 3. The number of fused-ring (bicyclic) bond motifs is 1. The molecule has 1 fully saturated rings. The number of sulfonamides is 1. The van der Waals surface area contributed by atoms with Crippen LogP contribution in [0.4, 0.5) is 0 Å². The zero-order valence-corrected chi connectivity index (χ0v) is 18.0. The van der Waals surface area contributed by atoms with Crippen molar-refractivity contribution in [1.29, 1.82) is 0 Å². The Labute approximate surface area is 178 Å². The second-order valence-corrected chi connectivity index (χ2v) is 10.6. The lowest BCUT2D eigenvalue weighted by molar-refractivity contribution is 0.171. The fourth-order valence-electron chi connectivity index (χ4n) is 3.74. The van der Waals surface area contributed by atoms with Crippen molar-refractivity contribution < 1.29 is 22.3 Å². The lowest BCUT2D eigenvalue weighted by Gasteiger charge is -2.30. The molecule has 0 radical (unpaired) electrons. The number of benzene rings is 1. The van der Waals surface area contributed by atoms with Crippen LogP contribution in [0.1, 0.15) is 29.5 Å². The van der Waals surface area contributed by atoms with Crippen molar-refractivity contribution in [2.24, 2.45) is 0 Å². The van der Waals surface area contributed by atoms with Gasteiger partial charge in [-0.15, -0.1) is 21.5 Å². The van der Waals surface area contributed by atoms with Crippen molar-refractivity contribution in [2.45, 2.75) is 30.6 Å². The molecule has 158 valence electrons. The fourth-order valence-corrected chi connectivity index (χ4v) is 6.07. The van der Waals surface area contributed by atoms with E-state index in [1.165, 1.54) is 15.2 Å². The molecule has 0 bridgehead atoms. The first-order chi connectivity index (χ1) is 14.5. The Hall–Kier alpha value is -2.43. The van der Waals surface area contributed by atoms with Gasteiger partial charge in [0.15, 0.2) is 11.5 Å². The molecule has 1 atom stereocenters. The molecule has 0 spiro atoms. The third-order valence-corrected chi connectivity index (χ3v) is 8.13. The summed E-state index contributed by atoms with van der Waals surface area (Å²) in [6.45, 7) is 3.66. The van der Waals surface area contributed by atoms with E-state index in [2.05, 4.69) is 10.2 Å². The van der Waals surface area contributed by atoms with E-state index in [1.54, 1.807) is 23.5 Å². The maximum Gasteiger partial charge on any atom is 0.257 e. The molecule has 10 heteroatoms. The highest BCUT2D eigenvalue weighted by atomic mass is 32.2. The van der Waals surface area contributed by atoms with Gasteiger partial charge in [-0.2, -0.15) is 4.31 Å². The molecule has 30 heavy (non-hydrogen) atoms. The predicted molar refractivity (Wildman–Crippen MR) is 111 cm³/mol. The first-order valence-corrected chi connectivity index (χ1v) is 12.1. The van der Waals surface area contributed by atoms with Gasteiger partial charge in [0.2, 0.25) is 15.9 Å². The van der Waals surface area contributed by atoms with E-state index < -0.39 is 10.0 Å². The number of aromatic nitrogens is 2. The van der Waals surface area contributed by atoms with Crippen molar-refractivity contribution in [2.75, 3.05) is 26.3 Å². The average Bonchev–Trinajstić information content (AvgIpc) is 3.43. The summed E-state index contributed by atoms with van der Waals surface area (Å²) in [6, 6.07) is 8.72. The lowest BCUT2D eigenvalue weighted by atomic mass is 10.00. The molecule has 2 aliphatic rings. The van der Waals surface area contributed by atoms with Crippen LogP contribution in [0.15, 0.2) is 39.6 Å². The zero-order valence-electron chi connectivity index (χ0n) is 16.4. The summed E-state index contributed by atoms with van der Waals surface area (Å²) in [4.78, 5) is 2.29. The van der Waals surface area contributed by atoms with Crippen LogP contribution in [-0.2, 0) is 10.0 Å². The molecular formula is C20H21N3O5S2. The first-order valence-electron chi connectivity index (χ1n) is 9.81. The summed E-state index contributed by atoms with van der Waals surface area (Å²) in [7, 11) is -3.67. The predicted octanol–water partition coefficient (Wildman–Crippen LogP) is 3.45. The van der Waals surface area contributed by atoms with Gasteiger partial charge in [0.1, 0.15) is 13.2 Å². The van der Waals surface area contributed by atoms with Crippen molar-refractivity contribution >= 4 is 21.4 Å². The highest BCUT2D eigenvalue weighted by Gasteiger charge is 2.34. The lowest BCUT2D eigenvalue weighted by Crippen LogP contribution is -2.39. The molecule has 3 aromatic rings. The minimum Gasteiger partial charge on any atom is -0.486 e. The van der Waals surface area contributed by atoms with Gasteiger partial charge in [-0.25, -0.2) is 8.42 Å². The smallest absolute Gasteiger partial charge is 0.257 e. The Kier molecular flexibility index (Phi) is 5.00. The van der Waals surface area contributed by atoms with E-state index in [0.717, 1.165) is 17.7 Å². The molecule has 0 N–H and O–H groups in total. The Morgan fingerprint density at radius 1 is 1.10 bits per heavy atom. The number of hydrogen-bond acceptors (Lipinski definition) is 8. The average molecular weight is 448 g/mol. The standard InChI is InChI=1S/C20H21N3O5S2/c1-13-4-7-18(29-13)20-22-21-19(28-20)14-3-2-8-23(12-14)30(24,25)15-5-6-16-17(11-15)27-10-9-26-16/h4-7,11,14H,2-3,8-10,12H2,1H3. The molecule has 1 aromatic carbocycles. The Balaban J connectivity index is 1.37. The molecule has 5 rings (SSSR count). The van der Waals surface area contributed by atoms with Crippen LogP contribution >= 0.6 is 11.3 Å². The molecule has 1 unspecified atom stereocenters. The van der Waals surface area contributed by atoms with E-state index >= 15 is 0 Å². The number of rotatable bonds is 4. The molecule has 0 saturated carbocycles. The van der Waals surface area contributed by atoms with E-state index in [-0.39, 0.29) is 10.8 Å². The second kappa shape index (κ2) is 7.68. The minimum atomic E-state index is -3.67. The summed E-state index contributed by atoms with van der Waals surface area (Å²) in [5, 5.41) is 8.37. The van der Waals surface area contributed by atoms with Gasteiger partial charge < -0.3 is 13.9 Å². The van der Waals surface area contributed by atoms with Crippen LogP contribution in [0.2, 0.25) is 0 Å². The van der Waals surface area contributed by atoms with Gasteiger partial charge in [-0.3, -0.25) is 0 Å². The largest absolute Gasteiger partial charge is 0.486 e. The van der Waals surface area contributed by atoms with E-state index in [0.29, 0.717) is 49.6 Å². The van der Waals surface area contributed by atoms with Crippen LogP contribution in [-0.4, -0.2) is 49.2 Å². The monoisotopic (exact) mass is 447 g/mol. The van der Waals surface area contributed by atoms with E-state index in [9.17, 15) is 8.42 Å². The molecule has 2 aromatic heterocycles. The first kappa shape index (κ1) is 19.5. The van der Waals surface area contributed by atoms with Crippen molar-refractivity contribution in [3.63, 3.8) is 0 Å². The normalized spacial score (nSPS) is 19.7. The van der Waals surface area contributed by atoms with Crippen LogP contribution in [0, 0.1) is 6.92 Å². The maximum atomic E-state index is 13.2. The third kappa shape index (κ3) is 3.59. The van der Waals surface area contributed by atoms with Gasteiger partial charge in [-0.05, 0) is 44.0 Å². The molecule has 2 aliphatic heterocycles. The van der Waals surface area contributed by atoms with Crippen molar-refractivity contribution in [3.8, 4) is 22.3 Å². The fraction of sp³-hybridized carbons (Fsp3) is 0.400. The summed E-state index contributed by atoms with van der Waals surface area (Å²) < 4.78 is 44.9. The molecule has 0 aliphatic carbocycles. The number of hydrogen-bond donors (Lipinski definition) is 0. The van der Waals surface area contributed by atoms with Gasteiger partial charge in [0, 0.05) is 24.0 Å². The van der Waals surface area contributed by atoms with Crippen LogP contribution in [0.3, 0.4) is 0 Å². The summed E-state index contributed by atoms with van der Waals surface area (Å²) in [6.07, 6.45) is 1.53. The second-order valence-electron chi connectivity index (χ2n) is 7.36. The van der Waals surface area contributed by atoms with Gasteiger partial charge >= 0.3 is 0 Å². The SMILES string of the molecule is Cc1ccc(-c2nnc(C3CCCN(S(=O)(=O)c4ccc5c(c4)OCCO5)C3)o2)s1. The topological polar surface area (TPSA) is 94.8 Å². The Morgan fingerprint density at radius 2 is 1.93 bits per heavy atom. The third-order valence-electron chi connectivity index (χ3n) is 5.28. The zero-order chi connectivity index (χ0) is 20.7. The maximum absolute atomic E-state index is 13.2. The Bertz CT molecular complexity index is 1170. The molecule has 4 heterocycles. The molecule has 0 amide bonds. The molecular weight excluding hydrogens is 426 g/mol. The summed E-state index contributed by atoms with van der Waals surface area (Å²) >= 11 is 1.59. The highest BCUT2D eigenvalue weighted by molar-refractivity contribution is 7.89. The van der Waals surface area contributed by atoms with Crippen molar-refractivity contribution in [3.05, 3.63) is 41.1 Å². The number of ether oxygens (including phenoxy) is 2. The van der Waals surface area contributed by atoms with Crippen LogP contribution < -0.4 is 9.47 Å². The molecule has 1 saturated heterocycles. The van der Waals surface area contributed by atoms with Gasteiger partial charge in [0.05, 0.1) is 15.7 Å². The summed E-state index contributed by atoms with van der Waals surface area (Å²) in [5.74, 6) is 1.86.